The van der Waals surface area contributed by atoms with Crippen LogP contribution in [0.3, 0.4) is 0 Å². The van der Waals surface area contributed by atoms with Crippen LogP contribution < -0.4 is 29.6 Å². The smallest absolute Gasteiger partial charge is 0.411 e. The fraction of sp³-hybridized carbons (Fsp3) is 0. The molecule has 0 spiro atoms. The molecule has 0 aliphatic carbocycles. The third kappa shape index (κ3) is 2.78. The molecule has 0 saturated heterocycles. The quantitative estimate of drug-likeness (QED) is 0.253. The van der Waals surface area contributed by atoms with Crippen LogP contribution >= 0.6 is 12.2 Å². The van der Waals surface area contributed by atoms with Gasteiger partial charge >= 0.3 is 29.6 Å². The predicted molar refractivity (Wildman–Crippen MR) is 39.8 cm³/mol. The maximum atomic E-state index is 4.69. The van der Waals surface area contributed by atoms with Gasteiger partial charge in [0.05, 0.1) is 0 Å². The van der Waals surface area contributed by atoms with Crippen LogP contribution in [0.2, 0.25) is 0 Å². The summed E-state index contributed by atoms with van der Waals surface area (Å²) in [6.45, 7) is 0. The summed E-state index contributed by atoms with van der Waals surface area (Å²) < 4.78 is 2.18. The van der Waals surface area contributed by atoms with Crippen molar-refractivity contribution >= 4 is 29.2 Å². The van der Waals surface area contributed by atoms with Crippen molar-refractivity contribution in [3.8, 4) is 0 Å². The Hall–Kier alpha value is 0.590. The maximum absolute atomic E-state index is 4.69. The van der Waals surface area contributed by atoms with Gasteiger partial charge in [-0.2, -0.15) is 0 Å². The molecule has 9 heavy (non-hydrogen) atoms. The summed E-state index contributed by atoms with van der Waals surface area (Å²) in [7, 11) is 0. The molecular weight excluding hydrogens is 161 g/mol. The van der Waals surface area contributed by atoms with Crippen LogP contribution in [0.5, 0.6) is 0 Å². The summed E-state index contributed by atoms with van der Waals surface area (Å²) in [4.78, 5) is 0. The van der Waals surface area contributed by atoms with E-state index in [1.54, 1.807) is 4.57 Å². The van der Waals surface area contributed by atoms with E-state index in [0.717, 1.165) is 0 Å². The average molecular weight is 165 g/mol. The summed E-state index contributed by atoms with van der Waals surface area (Å²) in [6.07, 6.45) is 3.66. The molecule has 0 aliphatic heterocycles. The van der Waals surface area contributed by atoms with Gasteiger partial charge in [0.1, 0.15) is 0 Å². The van der Waals surface area contributed by atoms with E-state index in [2.05, 4.69) is 0 Å². The van der Waals surface area contributed by atoms with Gasteiger partial charge < -0.3 is 29.4 Å². The number of aromatic nitrogens is 1. The first-order valence-corrected chi connectivity index (χ1v) is 2.96. The van der Waals surface area contributed by atoms with Crippen molar-refractivity contribution in [3.05, 3.63) is 24.5 Å². The van der Waals surface area contributed by atoms with Crippen molar-refractivity contribution in [2.24, 2.45) is 0 Å². The zero-order valence-corrected chi connectivity index (χ0v) is 8.71. The van der Waals surface area contributed by atoms with Gasteiger partial charge in [0.2, 0.25) is 0 Å². The molecule has 0 aromatic carbocycles. The summed E-state index contributed by atoms with van der Waals surface area (Å²) in [5.41, 5.74) is 0. The summed E-state index contributed by atoms with van der Waals surface area (Å²) >= 11 is 9.39. The SMILES string of the molecule is S=C([S-])n1cccc1.[Na+]. The Morgan fingerprint density at radius 2 is 1.78 bits per heavy atom. The molecule has 1 heterocycles. The number of hydrogen-bond donors (Lipinski definition) is 0. The normalized spacial score (nSPS) is 8.00. The fourth-order valence-corrected chi connectivity index (χ4v) is 0.700. The summed E-state index contributed by atoms with van der Waals surface area (Å²) in [5.74, 6) is 0. The molecule has 1 rings (SSSR count). The minimum Gasteiger partial charge on any atom is -0.411 e. The van der Waals surface area contributed by atoms with E-state index in [9.17, 15) is 0 Å². The van der Waals surface area contributed by atoms with Gasteiger partial charge in [0.15, 0.2) is 0 Å². The van der Waals surface area contributed by atoms with Crippen molar-refractivity contribution in [1.82, 2.24) is 4.57 Å². The van der Waals surface area contributed by atoms with Crippen LogP contribution in [-0.4, -0.2) is 8.89 Å². The second kappa shape index (κ2) is 4.41. The first-order valence-electron chi connectivity index (χ1n) is 2.15. The van der Waals surface area contributed by atoms with E-state index in [-0.39, 0.29) is 29.6 Å². The van der Waals surface area contributed by atoms with Crippen LogP contribution in [-0.2, 0) is 12.6 Å². The molecule has 0 radical (unpaired) electrons. The molecule has 0 amide bonds. The third-order valence-corrected chi connectivity index (χ3v) is 1.24. The van der Waals surface area contributed by atoms with Gasteiger partial charge in [-0.1, -0.05) is 4.32 Å². The van der Waals surface area contributed by atoms with Gasteiger partial charge in [-0.25, -0.2) is 0 Å². The van der Waals surface area contributed by atoms with Gasteiger partial charge in [-0.15, -0.1) is 0 Å². The number of nitrogens with zero attached hydrogens (tertiary/aromatic N) is 1. The number of hydrogen-bond acceptors (Lipinski definition) is 2. The first-order chi connectivity index (χ1) is 3.80. The molecule has 0 atom stereocenters. The largest absolute Gasteiger partial charge is 1.00 e. The topological polar surface area (TPSA) is 4.93 Å². The van der Waals surface area contributed by atoms with Crippen LogP contribution in [0.1, 0.15) is 0 Å². The Bertz CT molecular complexity index is 183. The average Bonchev–Trinajstić information content (AvgIpc) is 2.12. The predicted octanol–water partition coefficient (Wildman–Crippen LogP) is -1.83. The van der Waals surface area contributed by atoms with Crippen molar-refractivity contribution in [1.29, 1.82) is 0 Å². The van der Waals surface area contributed by atoms with Gasteiger partial charge in [-0.05, 0) is 12.1 Å². The Balaban J connectivity index is 0.000000640. The molecule has 0 aliphatic rings. The number of thiocarbonyl (C=S) groups is 1. The molecule has 0 unspecified atom stereocenters. The minimum atomic E-state index is 0. The molecule has 1 aromatic rings. The second-order valence-electron chi connectivity index (χ2n) is 1.36. The Morgan fingerprint density at radius 3 is 2.00 bits per heavy atom. The molecule has 42 valence electrons. The Kier molecular flexibility index (Phi) is 4.70. The van der Waals surface area contributed by atoms with Crippen LogP contribution in [0.25, 0.3) is 0 Å². The van der Waals surface area contributed by atoms with E-state index < -0.39 is 0 Å². The van der Waals surface area contributed by atoms with E-state index >= 15 is 0 Å². The molecular formula is C5H4NNaS2. The molecule has 0 fully saturated rings. The Morgan fingerprint density at radius 1 is 1.33 bits per heavy atom. The maximum Gasteiger partial charge on any atom is 1.00 e. The van der Waals surface area contributed by atoms with Crippen molar-refractivity contribution in [3.63, 3.8) is 0 Å². The van der Waals surface area contributed by atoms with Crippen LogP contribution in [0, 0.1) is 0 Å². The standard InChI is InChI=1S/C5H5NS2.Na/c7-5(8)6-3-1-2-4-6;/h1-4H,(H,7,8);/q;+1/p-1. The van der Waals surface area contributed by atoms with E-state index in [4.69, 9.17) is 24.8 Å². The number of rotatable bonds is 0. The van der Waals surface area contributed by atoms with Gasteiger partial charge in [-0.3, -0.25) is 0 Å². The van der Waals surface area contributed by atoms with Crippen molar-refractivity contribution in [2.45, 2.75) is 0 Å². The van der Waals surface area contributed by atoms with Crippen molar-refractivity contribution in [2.75, 3.05) is 0 Å². The minimum absolute atomic E-state index is 0. The summed E-state index contributed by atoms with van der Waals surface area (Å²) in [6, 6.07) is 3.78. The van der Waals surface area contributed by atoms with Crippen LogP contribution in [0.15, 0.2) is 24.5 Å². The molecule has 1 nitrogen and oxygen atoms in total. The molecule has 0 saturated carbocycles. The fourth-order valence-electron chi connectivity index (χ4n) is 0.456. The van der Waals surface area contributed by atoms with E-state index in [1.165, 1.54) is 0 Å². The first kappa shape index (κ1) is 9.59. The van der Waals surface area contributed by atoms with Crippen LogP contribution in [0.4, 0.5) is 0 Å². The van der Waals surface area contributed by atoms with E-state index in [0.29, 0.717) is 4.32 Å². The van der Waals surface area contributed by atoms with E-state index in [1.807, 2.05) is 24.5 Å². The summed E-state index contributed by atoms with van der Waals surface area (Å²) in [5, 5.41) is 0. The van der Waals surface area contributed by atoms with Crippen molar-refractivity contribution < 1.29 is 29.6 Å². The zero-order chi connectivity index (χ0) is 5.98. The van der Waals surface area contributed by atoms with Gasteiger partial charge in [0.25, 0.3) is 0 Å². The Labute approximate surface area is 87.1 Å². The molecule has 4 heteroatoms. The van der Waals surface area contributed by atoms with Gasteiger partial charge in [0, 0.05) is 12.4 Å². The molecule has 1 aromatic heterocycles. The monoisotopic (exact) mass is 165 g/mol. The second-order valence-corrected chi connectivity index (χ2v) is 2.39. The molecule has 0 N–H and O–H groups in total. The molecule has 0 bridgehead atoms. The zero-order valence-electron chi connectivity index (χ0n) is 5.07. The third-order valence-electron chi connectivity index (χ3n) is 0.815.